The molecule has 1 amide bonds. The van der Waals surface area contributed by atoms with Crippen molar-refractivity contribution in [2.75, 3.05) is 0 Å². The fourth-order valence-electron chi connectivity index (χ4n) is 3.16. The van der Waals surface area contributed by atoms with Gasteiger partial charge < -0.3 is 9.73 Å². The predicted molar refractivity (Wildman–Crippen MR) is 135 cm³/mol. The van der Waals surface area contributed by atoms with Crippen LogP contribution in [0.15, 0.2) is 55.2 Å². The highest BCUT2D eigenvalue weighted by Gasteiger charge is 2.25. The number of hydrogen-bond donors (Lipinski definition) is 1. The third-order valence-corrected chi connectivity index (χ3v) is 7.48. The molecule has 1 aliphatic rings. The number of aryl methyl sites for hydroxylation is 2. The average molecular weight is 567 g/mol. The Morgan fingerprint density at radius 2 is 1.85 bits per heavy atom. The number of thioether (sulfide) groups is 1. The van der Waals surface area contributed by atoms with Crippen molar-refractivity contribution in [2.45, 2.75) is 13.8 Å². The first-order valence-electron chi connectivity index (χ1n) is 9.42. The average Bonchev–Trinajstić information content (AvgIpc) is 3.32. The number of nitro benzene ring substituents is 1. The molecule has 1 saturated heterocycles. The molecule has 4 rings (SSSR count). The smallest absolute Gasteiger partial charge is 0.288 e. The van der Waals surface area contributed by atoms with Crippen LogP contribution in [0.4, 0.5) is 11.4 Å². The lowest BCUT2D eigenvalue weighted by atomic mass is 10.1. The lowest BCUT2D eigenvalue weighted by Crippen LogP contribution is -2.19. The minimum Gasteiger partial charge on any atom is -0.457 e. The largest absolute Gasteiger partial charge is 0.457 e. The Morgan fingerprint density at radius 1 is 1.15 bits per heavy atom. The predicted octanol–water partition coefficient (Wildman–Crippen LogP) is 7.43. The SMILES string of the molecule is Cc1cc(N=C2NC(=O)/C(=C/c3ccc(-c4cc([N+](=O)[O-])c(Cl)cc4Cl)o3)S2)cc(C)c1Br. The molecule has 168 valence electrons. The van der Waals surface area contributed by atoms with E-state index in [1.165, 1.54) is 23.9 Å². The summed E-state index contributed by atoms with van der Waals surface area (Å²) in [5.74, 6) is 0.389. The summed E-state index contributed by atoms with van der Waals surface area (Å²) in [4.78, 5) is 27.9. The fraction of sp³-hybridized carbons (Fsp3) is 0.0909. The summed E-state index contributed by atoms with van der Waals surface area (Å²) in [7, 11) is 0. The molecule has 0 aliphatic carbocycles. The van der Waals surface area contributed by atoms with Gasteiger partial charge in [0.2, 0.25) is 0 Å². The molecular formula is C22H14BrCl2N3O4S. The first-order chi connectivity index (χ1) is 15.6. The number of nitrogens with one attached hydrogen (secondary N) is 1. The summed E-state index contributed by atoms with van der Waals surface area (Å²) in [6.07, 6.45) is 1.57. The van der Waals surface area contributed by atoms with Crippen molar-refractivity contribution in [1.29, 1.82) is 0 Å². The van der Waals surface area contributed by atoms with Gasteiger partial charge in [-0.05, 0) is 67.1 Å². The monoisotopic (exact) mass is 565 g/mol. The number of carbonyl (C=O) groups excluding carboxylic acids is 1. The van der Waals surface area contributed by atoms with Crippen molar-refractivity contribution < 1.29 is 14.1 Å². The van der Waals surface area contributed by atoms with Crippen LogP contribution in [0.25, 0.3) is 17.4 Å². The van der Waals surface area contributed by atoms with E-state index in [0.717, 1.165) is 21.3 Å². The van der Waals surface area contributed by atoms with Crippen LogP contribution >= 0.6 is 50.9 Å². The Kier molecular flexibility index (Phi) is 6.67. The molecule has 7 nitrogen and oxygen atoms in total. The molecule has 0 spiro atoms. The Morgan fingerprint density at radius 3 is 2.52 bits per heavy atom. The lowest BCUT2D eigenvalue weighted by Gasteiger charge is -2.04. The van der Waals surface area contributed by atoms with Gasteiger partial charge in [-0.1, -0.05) is 39.1 Å². The van der Waals surface area contributed by atoms with E-state index >= 15 is 0 Å². The van der Waals surface area contributed by atoms with Crippen molar-refractivity contribution in [3.05, 3.63) is 82.8 Å². The Hall–Kier alpha value is -2.59. The minimum absolute atomic E-state index is 0.0651. The van der Waals surface area contributed by atoms with Gasteiger partial charge in [0.1, 0.15) is 16.5 Å². The molecule has 1 aliphatic heterocycles. The molecule has 0 unspecified atom stereocenters. The number of hydrogen-bond acceptors (Lipinski definition) is 6. The first kappa shape index (κ1) is 23.6. The zero-order valence-corrected chi connectivity index (χ0v) is 21.0. The zero-order chi connectivity index (χ0) is 23.9. The van der Waals surface area contributed by atoms with Crippen LogP contribution < -0.4 is 5.32 Å². The van der Waals surface area contributed by atoms with Crippen LogP contribution in [-0.4, -0.2) is 16.0 Å². The second-order valence-corrected chi connectivity index (χ2v) is 9.76. The summed E-state index contributed by atoms with van der Waals surface area (Å²) in [5, 5.41) is 14.5. The molecule has 1 fully saturated rings. The van der Waals surface area contributed by atoms with Gasteiger partial charge in [0.15, 0.2) is 5.17 Å². The molecular weight excluding hydrogens is 553 g/mol. The van der Waals surface area contributed by atoms with Crippen LogP contribution in [0.3, 0.4) is 0 Å². The van der Waals surface area contributed by atoms with Crippen LogP contribution in [0, 0.1) is 24.0 Å². The van der Waals surface area contributed by atoms with Crippen molar-refractivity contribution >= 4 is 79.4 Å². The van der Waals surface area contributed by atoms with Crippen LogP contribution in [0.2, 0.25) is 10.0 Å². The van der Waals surface area contributed by atoms with Gasteiger partial charge >= 0.3 is 0 Å². The minimum atomic E-state index is -0.594. The quantitative estimate of drug-likeness (QED) is 0.201. The number of nitrogens with zero attached hydrogens (tertiary/aromatic N) is 2. The highest BCUT2D eigenvalue weighted by atomic mass is 79.9. The van der Waals surface area contributed by atoms with Crippen LogP contribution in [0.5, 0.6) is 0 Å². The fourth-order valence-corrected chi connectivity index (χ4v) is 4.75. The molecule has 1 N–H and O–H groups in total. The van der Waals surface area contributed by atoms with E-state index in [2.05, 4.69) is 26.2 Å². The van der Waals surface area contributed by atoms with Gasteiger partial charge in [0, 0.05) is 22.2 Å². The highest BCUT2D eigenvalue weighted by molar-refractivity contribution is 9.10. The summed E-state index contributed by atoms with van der Waals surface area (Å²) in [6.45, 7) is 3.95. The van der Waals surface area contributed by atoms with Crippen LogP contribution in [-0.2, 0) is 4.79 Å². The van der Waals surface area contributed by atoms with Crippen molar-refractivity contribution in [2.24, 2.45) is 4.99 Å². The number of amidine groups is 1. The Balaban J connectivity index is 1.60. The summed E-state index contributed by atoms with van der Waals surface area (Å²) in [6, 6.07) is 9.66. The first-order valence-corrected chi connectivity index (χ1v) is 11.8. The number of benzene rings is 2. The van der Waals surface area contributed by atoms with E-state index in [1.54, 1.807) is 18.2 Å². The molecule has 3 aromatic rings. The number of nitro groups is 1. The maximum Gasteiger partial charge on any atom is 0.288 e. The molecule has 11 heteroatoms. The lowest BCUT2D eigenvalue weighted by molar-refractivity contribution is -0.384. The van der Waals surface area contributed by atoms with Crippen LogP contribution in [0.1, 0.15) is 16.9 Å². The number of furan rings is 1. The standard InChI is InChI=1S/C22H14BrCl2N3O4S/c1-10-5-12(6-11(2)20(10)23)26-22-27-21(29)19(33-22)7-13-3-4-18(32-13)14-8-17(28(30)31)16(25)9-15(14)24/h3-9H,1-2H3,(H,26,27,29)/b19-7-. The number of carbonyl (C=O) groups is 1. The Bertz CT molecular complexity index is 1360. The molecule has 0 radical (unpaired) electrons. The number of rotatable bonds is 4. The van der Waals surface area contributed by atoms with Gasteiger partial charge in [-0.15, -0.1) is 0 Å². The normalized spacial score (nSPS) is 16.0. The van der Waals surface area contributed by atoms with Crippen molar-refractivity contribution in [3.63, 3.8) is 0 Å². The topological polar surface area (TPSA) is 97.7 Å². The summed E-state index contributed by atoms with van der Waals surface area (Å²) in [5.41, 5.74) is 2.87. The molecule has 33 heavy (non-hydrogen) atoms. The number of aliphatic imine (C=N–C) groups is 1. The summed E-state index contributed by atoms with van der Waals surface area (Å²) >= 11 is 16.8. The zero-order valence-electron chi connectivity index (χ0n) is 17.1. The maximum atomic E-state index is 12.4. The van der Waals surface area contributed by atoms with E-state index in [-0.39, 0.29) is 21.6 Å². The van der Waals surface area contributed by atoms with Crippen molar-refractivity contribution in [1.82, 2.24) is 5.32 Å². The van der Waals surface area contributed by atoms with E-state index in [4.69, 9.17) is 27.6 Å². The van der Waals surface area contributed by atoms with Gasteiger partial charge in [-0.3, -0.25) is 14.9 Å². The van der Waals surface area contributed by atoms with Gasteiger partial charge in [-0.2, -0.15) is 0 Å². The second-order valence-electron chi connectivity index (χ2n) is 7.12. The van der Waals surface area contributed by atoms with E-state index in [9.17, 15) is 14.9 Å². The second kappa shape index (κ2) is 9.34. The van der Waals surface area contributed by atoms with Crippen molar-refractivity contribution in [3.8, 4) is 11.3 Å². The molecule has 0 atom stereocenters. The van der Waals surface area contributed by atoms with Gasteiger partial charge in [0.25, 0.3) is 11.6 Å². The number of amides is 1. The number of halogens is 3. The van der Waals surface area contributed by atoms with E-state index < -0.39 is 4.92 Å². The van der Waals surface area contributed by atoms with Gasteiger partial charge in [0.05, 0.1) is 20.5 Å². The third-order valence-electron chi connectivity index (χ3n) is 4.70. The molecule has 1 aromatic heterocycles. The molecule has 2 aromatic carbocycles. The van der Waals surface area contributed by atoms with E-state index in [1.807, 2.05) is 26.0 Å². The molecule has 2 heterocycles. The Labute approximate surface area is 211 Å². The molecule has 0 bridgehead atoms. The highest BCUT2D eigenvalue weighted by Crippen LogP contribution is 2.38. The third kappa shape index (κ3) is 5.01. The summed E-state index contributed by atoms with van der Waals surface area (Å²) < 4.78 is 6.79. The van der Waals surface area contributed by atoms with Gasteiger partial charge in [-0.25, -0.2) is 4.99 Å². The maximum absolute atomic E-state index is 12.4. The van der Waals surface area contributed by atoms with E-state index in [0.29, 0.717) is 27.2 Å². The molecule has 0 saturated carbocycles.